The Morgan fingerprint density at radius 1 is 1.12 bits per heavy atom. The van der Waals surface area contributed by atoms with Crippen LogP contribution in [0.3, 0.4) is 0 Å². The zero-order valence-corrected chi connectivity index (χ0v) is 23.7. The number of aryl methyl sites for hydroxylation is 1. The largest absolute Gasteiger partial charge is 0.390 e. The van der Waals surface area contributed by atoms with Crippen molar-refractivity contribution < 1.29 is 23.5 Å². The summed E-state index contributed by atoms with van der Waals surface area (Å²) in [6, 6.07) is 10.8. The van der Waals surface area contributed by atoms with E-state index in [1.54, 1.807) is 6.20 Å². The maximum atomic E-state index is 13.8. The van der Waals surface area contributed by atoms with E-state index < -0.39 is 29.3 Å². The van der Waals surface area contributed by atoms with E-state index in [1.807, 2.05) is 6.07 Å². The molecule has 0 fully saturated rings. The smallest absolute Gasteiger partial charge is 0.243 e. The Balaban J connectivity index is 1.64. The number of hydrogen-bond donors (Lipinski definition) is 3. The highest BCUT2D eigenvalue weighted by atomic mass is 19.1. The molecule has 0 saturated heterocycles. The van der Waals surface area contributed by atoms with Gasteiger partial charge in [-0.05, 0) is 65.5 Å². The molecule has 9 heteroatoms. The summed E-state index contributed by atoms with van der Waals surface area (Å²) in [5, 5.41) is 22.1. The third-order valence-electron chi connectivity index (χ3n) is 7.64. The van der Waals surface area contributed by atoms with Crippen molar-refractivity contribution in [3.63, 3.8) is 0 Å². The van der Waals surface area contributed by atoms with Crippen LogP contribution >= 0.6 is 0 Å². The second-order valence-corrected chi connectivity index (χ2v) is 11.9. The summed E-state index contributed by atoms with van der Waals surface area (Å²) in [7, 11) is 0. The molecule has 0 aliphatic heterocycles. The van der Waals surface area contributed by atoms with Crippen molar-refractivity contribution in [1.82, 2.24) is 20.4 Å². The Kier molecular flexibility index (Phi) is 8.56. The van der Waals surface area contributed by atoms with E-state index in [4.69, 9.17) is 0 Å². The van der Waals surface area contributed by atoms with E-state index in [0.29, 0.717) is 24.8 Å². The highest BCUT2D eigenvalue weighted by molar-refractivity contribution is 5.75. The number of carbonyl (C=O) groups is 2. The van der Waals surface area contributed by atoms with Crippen molar-refractivity contribution in [3.05, 3.63) is 88.2 Å². The lowest BCUT2D eigenvalue weighted by atomic mass is 9.74. The van der Waals surface area contributed by atoms with Gasteiger partial charge < -0.3 is 15.7 Å². The molecular weight excluding hydrogens is 514 g/mol. The Labute approximate surface area is 234 Å². The van der Waals surface area contributed by atoms with Gasteiger partial charge in [0.1, 0.15) is 11.6 Å². The van der Waals surface area contributed by atoms with Gasteiger partial charge in [-0.25, -0.2) is 13.5 Å². The number of rotatable bonds is 8. The predicted octanol–water partition coefficient (Wildman–Crippen LogP) is 4.20. The molecule has 1 aliphatic carbocycles. The molecule has 40 heavy (non-hydrogen) atoms. The predicted molar refractivity (Wildman–Crippen MR) is 149 cm³/mol. The van der Waals surface area contributed by atoms with Gasteiger partial charge in [-0.3, -0.25) is 9.59 Å². The fraction of sp³-hybridized carbons (Fsp3) is 0.452. The monoisotopic (exact) mass is 552 g/mol. The first kappa shape index (κ1) is 29.6. The minimum atomic E-state index is -1.06. The van der Waals surface area contributed by atoms with Crippen molar-refractivity contribution >= 4 is 11.8 Å². The third-order valence-corrected chi connectivity index (χ3v) is 7.64. The van der Waals surface area contributed by atoms with Crippen LogP contribution in [0, 0.1) is 11.6 Å². The molecular formula is C31H38F2N4O3. The number of halogens is 2. The molecule has 3 aromatic rings. The Hall–Kier alpha value is -3.43. The molecule has 1 aliphatic rings. The van der Waals surface area contributed by atoms with Crippen LogP contribution in [0.15, 0.2) is 48.7 Å². The van der Waals surface area contributed by atoms with Crippen LogP contribution in [0.2, 0.25) is 0 Å². The molecule has 4 rings (SSSR count). The average molecular weight is 553 g/mol. The molecule has 0 spiro atoms. The molecule has 3 N–H and O–H groups in total. The molecule has 1 aromatic heterocycles. The molecule has 1 amide bonds. The van der Waals surface area contributed by atoms with Gasteiger partial charge in [0, 0.05) is 38.2 Å². The number of nitrogens with one attached hydrogen (secondary N) is 2. The fourth-order valence-electron chi connectivity index (χ4n) is 5.46. The van der Waals surface area contributed by atoms with E-state index in [0.717, 1.165) is 22.9 Å². The third kappa shape index (κ3) is 6.82. The van der Waals surface area contributed by atoms with Gasteiger partial charge in [0.05, 0.1) is 17.8 Å². The number of aliphatic hydroxyl groups excluding tert-OH is 1. The Bertz CT molecular complexity index is 1380. The Morgan fingerprint density at radius 3 is 2.45 bits per heavy atom. The molecule has 0 saturated carbocycles. The van der Waals surface area contributed by atoms with Crippen LogP contribution in [-0.2, 0) is 35.0 Å². The number of amides is 1. The van der Waals surface area contributed by atoms with Gasteiger partial charge in [0.25, 0.3) is 0 Å². The standard InChI is InChI=1S/C31H38F2N4O3/c1-19(38)35-28(13-21-11-25(32)15-26(33)12-21)29(40)17-34-31(24-8-6-7-23(14-24)30(3,4)5)10-9-27-22(16-31)18-37(36-27)20(2)39/h6-8,11-12,14-15,18,28-29,34,40H,9-10,13,16-17H2,1-5H3,(H,35,38)/t28?,29-,31?/m1/s1. The van der Waals surface area contributed by atoms with Gasteiger partial charge in [0.2, 0.25) is 11.8 Å². The fourth-order valence-corrected chi connectivity index (χ4v) is 5.46. The maximum Gasteiger partial charge on any atom is 0.243 e. The van der Waals surface area contributed by atoms with Crippen molar-refractivity contribution in [2.45, 2.75) is 83.4 Å². The molecule has 2 aromatic carbocycles. The van der Waals surface area contributed by atoms with E-state index in [9.17, 15) is 23.5 Å². The second kappa shape index (κ2) is 11.6. The summed E-state index contributed by atoms with van der Waals surface area (Å²) in [5.41, 5.74) is 3.74. The molecule has 1 heterocycles. The van der Waals surface area contributed by atoms with Crippen molar-refractivity contribution in [2.24, 2.45) is 0 Å². The molecule has 2 unspecified atom stereocenters. The SMILES string of the molecule is CC(=O)NC(Cc1cc(F)cc(F)c1)[C@H](O)CNC1(c2cccc(C(C)(C)C)c2)CCc2nn(C(C)=O)cc2C1. The number of fused-ring (bicyclic) bond motifs is 1. The van der Waals surface area contributed by atoms with Crippen LogP contribution in [0.1, 0.15) is 73.8 Å². The van der Waals surface area contributed by atoms with Gasteiger partial charge >= 0.3 is 0 Å². The number of hydrogen-bond acceptors (Lipinski definition) is 5. The second-order valence-electron chi connectivity index (χ2n) is 11.9. The van der Waals surface area contributed by atoms with Crippen molar-refractivity contribution in [1.29, 1.82) is 0 Å². The quantitative estimate of drug-likeness (QED) is 0.389. The van der Waals surface area contributed by atoms with E-state index in [1.165, 1.54) is 36.2 Å². The van der Waals surface area contributed by atoms with Crippen LogP contribution < -0.4 is 10.6 Å². The lowest BCUT2D eigenvalue weighted by molar-refractivity contribution is -0.120. The average Bonchev–Trinajstić information content (AvgIpc) is 3.29. The summed E-state index contributed by atoms with van der Waals surface area (Å²) >= 11 is 0. The molecule has 0 bridgehead atoms. The number of nitrogens with zero attached hydrogens (tertiary/aromatic N) is 2. The van der Waals surface area contributed by atoms with E-state index >= 15 is 0 Å². The topological polar surface area (TPSA) is 96.2 Å². The minimum Gasteiger partial charge on any atom is -0.390 e. The van der Waals surface area contributed by atoms with Gasteiger partial charge in [-0.15, -0.1) is 0 Å². The van der Waals surface area contributed by atoms with Crippen LogP contribution in [0.5, 0.6) is 0 Å². The highest BCUT2D eigenvalue weighted by Gasteiger charge is 2.39. The maximum absolute atomic E-state index is 13.8. The lowest BCUT2D eigenvalue weighted by Crippen LogP contribution is -2.54. The van der Waals surface area contributed by atoms with Crippen molar-refractivity contribution in [2.75, 3.05) is 6.54 Å². The minimum absolute atomic E-state index is 0.0547. The molecule has 0 radical (unpaired) electrons. The number of benzene rings is 2. The lowest BCUT2D eigenvalue weighted by Gasteiger charge is -2.40. The van der Waals surface area contributed by atoms with Gasteiger partial charge in [-0.2, -0.15) is 5.10 Å². The first-order chi connectivity index (χ1) is 18.8. The van der Waals surface area contributed by atoms with Crippen LogP contribution in [0.4, 0.5) is 8.78 Å². The molecule has 214 valence electrons. The van der Waals surface area contributed by atoms with E-state index in [-0.39, 0.29) is 30.2 Å². The van der Waals surface area contributed by atoms with Gasteiger partial charge in [-0.1, -0.05) is 45.0 Å². The molecule has 7 nitrogen and oxygen atoms in total. The summed E-state index contributed by atoms with van der Waals surface area (Å²) in [4.78, 5) is 24.0. The number of carbonyl (C=O) groups excluding carboxylic acids is 2. The highest BCUT2D eigenvalue weighted by Crippen LogP contribution is 2.38. The first-order valence-corrected chi connectivity index (χ1v) is 13.6. The normalized spacial score (nSPS) is 18.6. The number of aromatic nitrogens is 2. The van der Waals surface area contributed by atoms with Crippen LogP contribution in [-0.4, -0.2) is 45.4 Å². The zero-order chi connectivity index (χ0) is 29.2. The summed E-state index contributed by atoms with van der Waals surface area (Å²) in [6.45, 7) is 9.38. The van der Waals surface area contributed by atoms with Crippen LogP contribution in [0.25, 0.3) is 0 Å². The van der Waals surface area contributed by atoms with Gasteiger partial charge in [0.15, 0.2) is 0 Å². The Morgan fingerprint density at radius 2 is 1.82 bits per heavy atom. The zero-order valence-electron chi connectivity index (χ0n) is 23.7. The van der Waals surface area contributed by atoms with Crippen molar-refractivity contribution in [3.8, 4) is 0 Å². The first-order valence-electron chi connectivity index (χ1n) is 13.6. The number of aliphatic hydroxyl groups is 1. The summed E-state index contributed by atoms with van der Waals surface area (Å²) in [5.74, 6) is -1.95. The summed E-state index contributed by atoms with van der Waals surface area (Å²) in [6.07, 6.45) is 2.63. The molecule has 3 atom stereocenters. The summed E-state index contributed by atoms with van der Waals surface area (Å²) < 4.78 is 29.0. The van der Waals surface area contributed by atoms with E-state index in [2.05, 4.69) is 54.7 Å².